The third-order valence-corrected chi connectivity index (χ3v) is 1.11. The van der Waals surface area contributed by atoms with E-state index in [-0.39, 0.29) is 0 Å². The molecule has 60 valence electrons. The molecule has 1 fully saturated rings. The number of hydrogen-bond donors (Lipinski definition) is 2. The Morgan fingerprint density at radius 3 is 1.82 bits per heavy atom. The first kappa shape index (κ1) is 8.03. The molecule has 0 aliphatic carbocycles. The average Bonchev–Trinajstić information content (AvgIpc) is 2.07. The van der Waals surface area contributed by atoms with Crippen LogP contribution in [0.5, 0.6) is 0 Å². The normalized spacial score (nSPS) is 32.2. The van der Waals surface area contributed by atoms with Gasteiger partial charge in [0.05, 0.1) is 0 Å². The van der Waals surface area contributed by atoms with Gasteiger partial charge in [-0.1, -0.05) is 0 Å². The molecule has 1 rings (SSSR count). The molecule has 0 saturated carbocycles. The van der Waals surface area contributed by atoms with Crippen LogP contribution in [0.3, 0.4) is 0 Å². The first-order valence-corrected chi connectivity index (χ1v) is 2.71. The fourth-order valence-electron chi connectivity index (χ4n) is 0.516. The summed E-state index contributed by atoms with van der Waals surface area (Å²) in [7, 11) is 0.462. The lowest BCUT2D eigenvalue weighted by Gasteiger charge is -2.13. The number of aliphatic hydroxyl groups is 2. The maximum Gasteiger partial charge on any atom is 0.289 e. The van der Waals surface area contributed by atoms with Crippen LogP contribution >= 0.6 is 0 Å². The predicted octanol–water partition coefficient (Wildman–Crippen LogP) is -2.66. The minimum Gasteiger partial charge on any atom is -0.700 e. The van der Waals surface area contributed by atoms with Crippen molar-refractivity contribution in [2.24, 2.45) is 0 Å². The van der Waals surface area contributed by atoms with Gasteiger partial charge in [-0.25, -0.2) is 0 Å². The average molecular weight is 159 g/mol. The molecule has 6 nitrogen and oxygen atoms in total. The third-order valence-electron chi connectivity index (χ3n) is 1.11. The first-order chi connectivity index (χ1) is 5.13. The SMILES string of the molecule is O=C1O[B-]OC(=O)[C@H](O)[C@H]1O. The van der Waals surface area contributed by atoms with Gasteiger partial charge in [0.15, 0.2) is 12.2 Å². The minimum absolute atomic E-state index is 0.462. The van der Waals surface area contributed by atoms with E-state index in [1.807, 2.05) is 0 Å². The zero-order valence-electron chi connectivity index (χ0n) is 5.26. The smallest absolute Gasteiger partial charge is 0.289 e. The fraction of sp³-hybridized carbons (Fsp3) is 0.500. The van der Waals surface area contributed by atoms with Crippen LogP contribution in [-0.2, 0) is 18.9 Å². The molecule has 2 N–H and O–H groups in total. The van der Waals surface area contributed by atoms with Crippen LogP contribution in [0.2, 0.25) is 0 Å². The van der Waals surface area contributed by atoms with E-state index in [0.29, 0.717) is 7.69 Å². The highest BCUT2D eigenvalue weighted by Crippen LogP contribution is 2.02. The summed E-state index contributed by atoms with van der Waals surface area (Å²) in [5, 5.41) is 17.5. The molecule has 0 aromatic heterocycles. The molecule has 1 heterocycles. The summed E-state index contributed by atoms with van der Waals surface area (Å²) in [5.41, 5.74) is 0. The molecule has 0 bridgehead atoms. The highest BCUT2D eigenvalue weighted by Gasteiger charge is 2.31. The fourth-order valence-corrected chi connectivity index (χ4v) is 0.516. The summed E-state index contributed by atoms with van der Waals surface area (Å²) in [6.45, 7) is 0. The first-order valence-electron chi connectivity index (χ1n) is 2.71. The number of carbonyl (C=O) groups is 2. The van der Waals surface area contributed by atoms with Crippen molar-refractivity contribution in [1.29, 1.82) is 0 Å². The lowest BCUT2D eigenvalue weighted by molar-refractivity contribution is -0.156. The van der Waals surface area contributed by atoms with E-state index >= 15 is 0 Å². The quantitative estimate of drug-likeness (QED) is 0.374. The molecule has 0 unspecified atom stereocenters. The van der Waals surface area contributed by atoms with Crippen molar-refractivity contribution in [3.05, 3.63) is 0 Å². The van der Waals surface area contributed by atoms with Crippen LogP contribution in [-0.4, -0.2) is 42.0 Å². The molecule has 0 spiro atoms. The summed E-state index contributed by atoms with van der Waals surface area (Å²) in [6.07, 6.45) is -3.75. The zero-order valence-corrected chi connectivity index (χ0v) is 5.26. The van der Waals surface area contributed by atoms with Gasteiger partial charge >= 0.3 is 0 Å². The van der Waals surface area contributed by atoms with Crippen LogP contribution in [0.4, 0.5) is 0 Å². The van der Waals surface area contributed by atoms with E-state index in [9.17, 15) is 9.59 Å². The van der Waals surface area contributed by atoms with Crippen LogP contribution in [0.1, 0.15) is 0 Å². The van der Waals surface area contributed by atoms with Crippen LogP contribution in [0, 0.1) is 0 Å². The third kappa shape index (κ3) is 1.49. The summed E-state index contributed by atoms with van der Waals surface area (Å²) >= 11 is 0. The van der Waals surface area contributed by atoms with Crippen molar-refractivity contribution in [3.8, 4) is 0 Å². The molecule has 0 aromatic rings. The highest BCUT2D eigenvalue weighted by molar-refractivity contribution is 6.27. The van der Waals surface area contributed by atoms with E-state index in [2.05, 4.69) is 9.31 Å². The van der Waals surface area contributed by atoms with Gasteiger partial charge in [-0.2, -0.15) is 0 Å². The summed E-state index contributed by atoms with van der Waals surface area (Å²) in [4.78, 5) is 20.9. The van der Waals surface area contributed by atoms with Gasteiger partial charge in [0.25, 0.3) is 11.9 Å². The van der Waals surface area contributed by atoms with E-state index in [1.54, 1.807) is 0 Å². The second-order valence-electron chi connectivity index (χ2n) is 1.86. The largest absolute Gasteiger partial charge is 0.700 e. The lowest BCUT2D eigenvalue weighted by Crippen LogP contribution is -2.38. The van der Waals surface area contributed by atoms with Crippen molar-refractivity contribution in [3.63, 3.8) is 0 Å². The van der Waals surface area contributed by atoms with Crippen molar-refractivity contribution in [2.75, 3.05) is 0 Å². The Labute approximate surface area is 62.0 Å². The minimum atomic E-state index is -1.87. The summed E-state index contributed by atoms with van der Waals surface area (Å²) < 4.78 is 8.08. The molecule has 11 heavy (non-hydrogen) atoms. The van der Waals surface area contributed by atoms with E-state index < -0.39 is 24.1 Å². The van der Waals surface area contributed by atoms with Gasteiger partial charge < -0.3 is 19.5 Å². The van der Waals surface area contributed by atoms with E-state index in [0.717, 1.165) is 0 Å². The second-order valence-corrected chi connectivity index (χ2v) is 1.86. The van der Waals surface area contributed by atoms with Gasteiger partial charge in [-0.3, -0.25) is 9.59 Å². The van der Waals surface area contributed by atoms with Gasteiger partial charge in [-0.05, 0) is 0 Å². The molecule has 2 atom stereocenters. The monoisotopic (exact) mass is 159 g/mol. The predicted molar refractivity (Wildman–Crippen MR) is 30.0 cm³/mol. The molecule has 2 radical (unpaired) electrons. The van der Waals surface area contributed by atoms with Gasteiger partial charge in [0, 0.05) is 0 Å². The Morgan fingerprint density at radius 1 is 1.09 bits per heavy atom. The second kappa shape index (κ2) is 2.89. The van der Waals surface area contributed by atoms with Crippen LogP contribution in [0.25, 0.3) is 0 Å². The number of carbonyl (C=O) groups excluding carboxylic acids is 2. The highest BCUT2D eigenvalue weighted by atomic mass is 16.6. The number of hydrogen-bond acceptors (Lipinski definition) is 6. The number of aliphatic hydroxyl groups excluding tert-OH is 2. The Bertz CT molecular complexity index is 171. The lowest BCUT2D eigenvalue weighted by atomic mass is 10.2. The molecule has 7 heteroatoms. The Balaban J connectivity index is 2.73. The summed E-state index contributed by atoms with van der Waals surface area (Å²) in [5.74, 6) is -2.24. The Morgan fingerprint density at radius 2 is 1.45 bits per heavy atom. The molecule has 1 aliphatic heterocycles. The molecule has 1 saturated heterocycles. The summed E-state index contributed by atoms with van der Waals surface area (Å²) in [6, 6.07) is 0. The van der Waals surface area contributed by atoms with Crippen molar-refractivity contribution >= 4 is 19.6 Å². The number of rotatable bonds is 0. The van der Waals surface area contributed by atoms with Crippen LogP contribution in [0.15, 0.2) is 0 Å². The zero-order chi connectivity index (χ0) is 8.43. The molecular weight excluding hydrogens is 155 g/mol. The maximum atomic E-state index is 10.5. The maximum absolute atomic E-state index is 10.5. The van der Waals surface area contributed by atoms with Gasteiger partial charge in [0.2, 0.25) is 0 Å². The van der Waals surface area contributed by atoms with Crippen molar-refractivity contribution in [1.82, 2.24) is 0 Å². The Kier molecular flexibility index (Phi) is 2.11. The molecular formula is C4H4BO6-. The molecule has 0 amide bonds. The van der Waals surface area contributed by atoms with Crippen molar-refractivity contribution < 1.29 is 29.1 Å². The van der Waals surface area contributed by atoms with Gasteiger partial charge in [0.1, 0.15) is 7.69 Å². The van der Waals surface area contributed by atoms with E-state index in [1.165, 1.54) is 0 Å². The molecule has 0 aromatic carbocycles. The van der Waals surface area contributed by atoms with Crippen LogP contribution < -0.4 is 0 Å². The van der Waals surface area contributed by atoms with Crippen molar-refractivity contribution in [2.45, 2.75) is 12.2 Å². The topological polar surface area (TPSA) is 93.1 Å². The molecule has 1 aliphatic rings. The van der Waals surface area contributed by atoms with Gasteiger partial charge in [-0.15, -0.1) is 0 Å². The Hall–Kier alpha value is -1.08. The van der Waals surface area contributed by atoms with E-state index in [4.69, 9.17) is 10.2 Å². The standard InChI is InChI=1S/C4H4BO6/c6-1-2(7)4(9)11-5-10-3(1)8/h1-2,6-7H/q-1/t1-,2-/m1/s1.